The van der Waals surface area contributed by atoms with E-state index in [1.54, 1.807) is 30.3 Å². The molecule has 0 fully saturated rings. The molecule has 2 aromatic carbocycles. The number of carbonyl (C=O) groups is 1. The number of benzene rings is 2. The standard InChI is InChI=1S/C13H11N3O4/c17-13(14-10-5-2-1-3-6-10)15(18)11-7-4-8-12(9-11)16(19)20/h1-9,18H,(H,14,17). The maximum atomic E-state index is 11.8. The van der Waals surface area contributed by atoms with Gasteiger partial charge in [0.2, 0.25) is 0 Å². The third-order valence-corrected chi connectivity index (χ3v) is 2.50. The minimum atomic E-state index is -0.809. The maximum Gasteiger partial charge on any atom is 0.350 e. The Balaban J connectivity index is 2.14. The fourth-order valence-corrected chi connectivity index (χ4v) is 1.55. The molecule has 0 heterocycles. The highest BCUT2D eigenvalue weighted by Gasteiger charge is 2.16. The van der Waals surface area contributed by atoms with E-state index in [4.69, 9.17) is 0 Å². The number of rotatable bonds is 3. The van der Waals surface area contributed by atoms with E-state index in [2.05, 4.69) is 5.32 Å². The third kappa shape index (κ3) is 3.09. The van der Waals surface area contributed by atoms with Gasteiger partial charge in [-0.05, 0) is 18.2 Å². The Morgan fingerprint density at radius 1 is 1.15 bits per heavy atom. The summed E-state index contributed by atoms with van der Waals surface area (Å²) in [6, 6.07) is 12.9. The lowest BCUT2D eigenvalue weighted by Gasteiger charge is -2.15. The van der Waals surface area contributed by atoms with Crippen LogP contribution in [0.25, 0.3) is 0 Å². The van der Waals surface area contributed by atoms with Crippen LogP contribution in [-0.4, -0.2) is 16.2 Å². The lowest BCUT2D eigenvalue weighted by molar-refractivity contribution is -0.384. The zero-order valence-electron chi connectivity index (χ0n) is 10.3. The van der Waals surface area contributed by atoms with E-state index in [1.165, 1.54) is 18.2 Å². The van der Waals surface area contributed by atoms with Crippen molar-refractivity contribution in [2.75, 3.05) is 10.4 Å². The monoisotopic (exact) mass is 273 g/mol. The van der Waals surface area contributed by atoms with Gasteiger partial charge in [0.15, 0.2) is 0 Å². The third-order valence-electron chi connectivity index (χ3n) is 2.50. The average molecular weight is 273 g/mol. The average Bonchev–Trinajstić information content (AvgIpc) is 2.47. The maximum absolute atomic E-state index is 11.8. The first-order valence-electron chi connectivity index (χ1n) is 5.67. The van der Waals surface area contributed by atoms with E-state index in [9.17, 15) is 20.1 Å². The highest BCUT2D eigenvalue weighted by Crippen LogP contribution is 2.20. The van der Waals surface area contributed by atoms with Crippen LogP contribution >= 0.6 is 0 Å². The van der Waals surface area contributed by atoms with Crippen molar-refractivity contribution in [1.29, 1.82) is 0 Å². The summed E-state index contributed by atoms with van der Waals surface area (Å²) in [7, 11) is 0. The van der Waals surface area contributed by atoms with Crippen LogP contribution in [0.1, 0.15) is 0 Å². The number of carbonyl (C=O) groups excluding carboxylic acids is 1. The lowest BCUT2D eigenvalue weighted by atomic mass is 10.3. The second kappa shape index (κ2) is 5.81. The van der Waals surface area contributed by atoms with Crippen LogP contribution in [0.2, 0.25) is 0 Å². The van der Waals surface area contributed by atoms with Crippen LogP contribution in [0.3, 0.4) is 0 Å². The molecule has 102 valence electrons. The first kappa shape index (κ1) is 13.5. The van der Waals surface area contributed by atoms with Gasteiger partial charge in [0.1, 0.15) is 0 Å². The van der Waals surface area contributed by atoms with E-state index in [1.807, 2.05) is 0 Å². The molecule has 0 saturated carbocycles. The van der Waals surface area contributed by atoms with Crippen LogP contribution in [0.5, 0.6) is 0 Å². The fraction of sp³-hybridized carbons (Fsp3) is 0. The van der Waals surface area contributed by atoms with Crippen LogP contribution in [0.15, 0.2) is 54.6 Å². The van der Waals surface area contributed by atoms with Crippen LogP contribution in [0.4, 0.5) is 21.9 Å². The van der Waals surface area contributed by atoms with Gasteiger partial charge in [-0.15, -0.1) is 0 Å². The number of nitrogens with zero attached hydrogens (tertiary/aromatic N) is 2. The van der Waals surface area contributed by atoms with E-state index in [-0.39, 0.29) is 11.4 Å². The quantitative estimate of drug-likeness (QED) is 0.510. The van der Waals surface area contributed by atoms with Crippen molar-refractivity contribution in [3.8, 4) is 0 Å². The van der Waals surface area contributed by atoms with Crippen molar-refractivity contribution in [3.05, 3.63) is 64.7 Å². The van der Waals surface area contributed by atoms with Crippen molar-refractivity contribution < 1.29 is 14.9 Å². The molecule has 0 saturated heterocycles. The van der Waals surface area contributed by atoms with Crippen molar-refractivity contribution in [2.24, 2.45) is 0 Å². The zero-order valence-corrected chi connectivity index (χ0v) is 10.3. The van der Waals surface area contributed by atoms with Crippen molar-refractivity contribution in [1.82, 2.24) is 0 Å². The SMILES string of the molecule is O=C(Nc1ccccc1)N(O)c1cccc([N+](=O)[O-])c1. The molecule has 0 bridgehead atoms. The van der Waals surface area contributed by atoms with Crippen LogP contribution in [-0.2, 0) is 0 Å². The highest BCUT2D eigenvalue weighted by atomic mass is 16.6. The molecule has 2 aromatic rings. The number of amides is 2. The molecule has 0 aliphatic rings. The van der Waals surface area contributed by atoms with Gasteiger partial charge in [0.05, 0.1) is 10.6 Å². The molecule has 20 heavy (non-hydrogen) atoms. The van der Waals surface area contributed by atoms with Gasteiger partial charge in [0.25, 0.3) is 5.69 Å². The number of nitrogens with one attached hydrogen (secondary N) is 1. The number of nitro groups is 1. The van der Waals surface area contributed by atoms with Crippen molar-refractivity contribution in [3.63, 3.8) is 0 Å². The van der Waals surface area contributed by atoms with Gasteiger partial charge in [-0.25, -0.2) is 4.79 Å². The number of nitro benzene ring substituents is 1. The Kier molecular flexibility index (Phi) is 3.92. The number of hydroxylamine groups is 1. The fourth-order valence-electron chi connectivity index (χ4n) is 1.55. The highest BCUT2D eigenvalue weighted by molar-refractivity contribution is 6.00. The molecule has 2 rings (SSSR count). The summed E-state index contributed by atoms with van der Waals surface area (Å²) >= 11 is 0. The molecule has 0 aliphatic heterocycles. The molecule has 2 N–H and O–H groups in total. The summed E-state index contributed by atoms with van der Waals surface area (Å²) in [5, 5.41) is 23.2. The number of urea groups is 1. The molecule has 0 unspecified atom stereocenters. The first-order chi connectivity index (χ1) is 9.58. The van der Waals surface area contributed by atoms with Crippen molar-refractivity contribution in [2.45, 2.75) is 0 Å². The minimum absolute atomic E-state index is 0.00707. The molecule has 0 aromatic heterocycles. The van der Waals surface area contributed by atoms with Gasteiger partial charge in [0, 0.05) is 17.8 Å². The Hall–Kier alpha value is -2.93. The second-order valence-corrected chi connectivity index (χ2v) is 3.88. The summed E-state index contributed by atoms with van der Waals surface area (Å²) in [4.78, 5) is 21.8. The predicted molar refractivity (Wildman–Crippen MR) is 72.8 cm³/mol. The smallest absolute Gasteiger partial charge is 0.306 e. The molecule has 2 amide bonds. The topological polar surface area (TPSA) is 95.7 Å². The van der Waals surface area contributed by atoms with Gasteiger partial charge >= 0.3 is 6.03 Å². The van der Waals surface area contributed by atoms with E-state index in [0.29, 0.717) is 10.8 Å². The van der Waals surface area contributed by atoms with Gasteiger partial charge in [-0.3, -0.25) is 15.3 Å². The Morgan fingerprint density at radius 2 is 1.85 bits per heavy atom. The number of non-ortho nitro benzene ring substituents is 1. The molecular formula is C13H11N3O4. The molecular weight excluding hydrogens is 262 g/mol. The van der Waals surface area contributed by atoms with Gasteiger partial charge < -0.3 is 5.32 Å². The zero-order chi connectivity index (χ0) is 14.5. The lowest BCUT2D eigenvalue weighted by Crippen LogP contribution is -2.31. The Morgan fingerprint density at radius 3 is 2.50 bits per heavy atom. The van der Waals surface area contributed by atoms with Crippen LogP contribution in [0, 0.1) is 10.1 Å². The summed E-state index contributed by atoms with van der Waals surface area (Å²) < 4.78 is 0. The molecule has 7 nitrogen and oxygen atoms in total. The number of para-hydroxylation sites is 1. The predicted octanol–water partition coefficient (Wildman–Crippen LogP) is 3.02. The largest absolute Gasteiger partial charge is 0.350 e. The van der Waals surface area contributed by atoms with Gasteiger partial charge in [-0.1, -0.05) is 24.3 Å². The summed E-state index contributed by atoms with van der Waals surface area (Å²) in [6.45, 7) is 0. The molecule has 0 atom stereocenters. The summed E-state index contributed by atoms with van der Waals surface area (Å²) in [6.07, 6.45) is 0. The molecule has 0 spiro atoms. The van der Waals surface area contributed by atoms with Crippen LogP contribution < -0.4 is 10.4 Å². The van der Waals surface area contributed by atoms with E-state index >= 15 is 0 Å². The second-order valence-electron chi connectivity index (χ2n) is 3.88. The molecule has 0 aliphatic carbocycles. The summed E-state index contributed by atoms with van der Waals surface area (Å²) in [5.41, 5.74) is 0.295. The number of hydrogen-bond acceptors (Lipinski definition) is 4. The van der Waals surface area contributed by atoms with Crippen molar-refractivity contribution >= 4 is 23.1 Å². The van der Waals surface area contributed by atoms with Gasteiger partial charge in [-0.2, -0.15) is 5.06 Å². The number of hydrogen-bond donors (Lipinski definition) is 2. The van der Waals surface area contributed by atoms with E-state index in [0.717, 1.165) is 6.07 Å². The number of anilines is 2. The minimum Gasteiger partial charge on any atom is -0.306 e. The Labute approximate surface area is 114 Å². The Bertz CT molecular complexity index is 631. The molecule has 7 heteroatoms. The molecule has 0 radical (unpaired) electrons. The first-order valence-corrected chi connectivity index (χ1v) is 5.67. The normalized spacial score (nSPS) is 9.85. The van der Waals surface area contributed by atoms with E-state index < -0.39 is 11.0 Å². The summed E-state index contributed by atoms with van der Waals surface area (Å²) in [5.74, 6) is 0.